The quantitative estimate of drug-likeness (QED) is 0.300. The number of amidine groups is 1. The van der Waals surface area contributed by atoms with E-state index < -0.39 is 17.7 Å². The van der Waals surface area contributed by atoms with E-state index in [1.165, 1.54) is 0 Å². The van der Waals surface area contributed by atoms with Crippen molar-refractivity contribution in [2.45, 2.75) is 64.0 Å². The van der Waals surface area contributed by atoms with Crippen LogP contribution in [0.25, 0.3) is 0 Å². The van der Waals surface area contributed by atoms with Gasteiger partial charge in [-0.1, -0.05) is 67.8 Å². The van der Waals surface area contributed by atoms with Crippen molar-refractivity contribution in [1.29, 1.82) is 0 Å². The molecule has 198 valence electrons. The third kappa shape index (κ3) is 7.95. The first kappa shape index (κ1) is 28.5. The summed E-state index contributed by atoms with van der Waals surface area (Å²) in [5.41, 5.74) is 3.64. The number of thioether (sulfide) groups is 1. The number of amides is 2. The number of hydrazone groups is 1. The molecular formula is C26H37ClN4O4S. The van der Waals surface area contributed by atoms with Crippen LogP contribution in [-0.2, 0) is 25.7 Å². The van der Waals surface area contributed by atoms with Crippen molar-refractivity contribution in [3.8, 4) is 0 Å². The standard InChI is InChI=1S/C26H36N4O4S.ClH/c31-23(25(33)28-29-26-30(14-17-35-26)18-19-8-4-3-5-9-19)22(20-12-15-34-16-13-20)27-24(32)21-10-6-1-2-7-11-21;/h3-5,8-9,20-22H,1-2,6-7,10-18H2,(H,27,32)(H,28,33);1H/b29-26-;. The number of hydrogen-bond donors (Lipinski definition) is 2. The number of Topliss-reactive ketones (excluding diaryl/α,β-unsaturated/α-hetero) is 1. The number of carbonyl (C=O) groups excluding carboxylic acids is 3. The normalized spacial score (nSPS) is 21.3. The molecule has 3 fully saturated rings. The summed E-state index contributed by atoms with van der Waals surface area (Å²) in [6, 6.07) is 9.24. The molecule has 2 heterocycles. The molecule has 0 bridgehead atoms. The van der Waals surface area contributed by atoms with Crippen LogP contribution in [0.4, 0.5) is 0 Å². The zero-order valence-electron chi connectivity index (χ0n) is 20.7. The van der Waals surface area contributed by atoms with Gasteiger partial charge in [0.25, 0.3) is 0 Å². The lowest BCUT2D eigenvalue weighted by atomic mass is 9.87. The monoisotopic (exact) mass is 536 g/mol. The van der Waals surface area contributed by atoms with Crippen molar-refractivity contribution < 1.29 is 19.1 Å². The third-order valence-corrected chi connectivity index (χ3v) is 8.09. The van der Waals surface area contributed by atoms with E-state index in [9.17, 15) is 14.4 Å². The Morgan fingerprint density at radius 2 is 1.72 bits per heavy atom. The molecule has 1 atom stereocenters. The lowest BCUT2D eigenvalue weighted by Gasteiger charge is -2.30. The van der Waals surface area contributed by atoms with Crippen molar-refractivity contribution in [2.75, 3.05) is 25.5 Å². The van der Waals surface area contributed by atoms with Gasteiger partial charge in [-0.15, -0.1) is 17.5 Å². The number of rotatable bonds is 8. The average Bonchev–Trinajstić information content (AvgIpc) is 3.15. The van der Waals surface area contributed by atoms with Crippen LogP contribution >= 0.6 is 24.2 Å². The summed E-state index contributed by atoms with van der Waals surface area (Å²) in [4.78, 5) is 41.3. The van der Waals surface area contributed by atoms with Gasteiger partial charge < -0.3 is 15.0 Å². The van der Waals surface area contributed by atoms with Gasteiger partial charge in [-0.05, 0) is 37.2 Å². The minimum atomic E-state index is -0.841. The summed E-state index contributed by atoms with van der Waals surface area (Å²) in [7, 11) is 0. The molecule has 1 aromatic carbocycles. The van der Waals surface area contributed by atoms with Gasteiger partial charge in [0.1, 0.15) is 6.04 Å². The van der Waals surface area contributed by atoms with Gasteiger partial charge in [-0.25, -0.2) is 5.43 Å². The summed E-state index contributed by atoms with van der Waals surface area (Å²) in [5, 5.41) is 7.94. The highest BCUT2D eigenvalue weighted by Gasteiger charge is 2.36. The van der Waals surface area contributed by atoms with Crippen molar-refractivity contribution in [3.63, 3.8) is 0 Å². The van der Waals surface area contributed by atoms with Gasteiger partial charge in [-0.2, -0.15) is 0 Å². The Morgan fingerprint density at radius 1 is 1.03 bits per heavy atom. The van der Waals surface area contributed by atoms with E-state index in [0.717, 1.165) is 56.4 Å². The molecule has 1 saturated carbocycles. The molecule has 2 aliphatic heterocycles. The number of ketones is 1. The molecule has 1 unspecified atom stereocenters. The summed E-state index contributed by atoms with van der Waals surface area (Å²) < 4.78 is 5.45. The van der Waals surface area contributed by atoms with E-state index in [2.05, 4.69) is 32.9 Å². The molecule has 1 aromatic rings. The van der Waals surface area contributed by atoms with Crippen LogP contribution in [-0.4, -0.2) is 59.2 Å². The lowest BCUT2D eigenvalue weighted by Crippen LogP contribution is -2.53. The van der Waals surface area contributed by atoms with Gasteiger partial charge in [0.15, 0.2) is 5.17 Å². The number of benzene rings is 1. The number of nitrogens with one attached hydrogen (secondary N) is 2. The highest BCUT2D eigenvalue weighted by molar-refractivity contribution is 8.14. The van der Waals surface area contributed by atoms with E-state index in [4.69, 9.17) is 4.74 Å². The lowest BCUT2D eigenvalue weighted by molar-refractivity contribution is -0.142. The topological polar surface area (TPSA) is 100 Å². The van der Waals surface area contributed by atoms with Crippen molar-refractivity contribution in [1.82, 2.24) is 15.6 Å². The number of nitrogens with zero attached hydrogens (tertiary/aromatic N) is 2. The average molecular weight is 537 g/mol. The molecular weight excluding hydrogens is 500 g/mol. The first-order valence-corrected chi connectivity index (χ1v) is 13.8. The molecule has 36 heavy (non-hydrogen) atoms. The van der Waals surface area contributed by atoms with E-state index in [1.54, 1.807) is 11.8 Å². The second-order valence-corrected chi connectivity index (χ2v) is 10.6. The van der Waals surface area contributed by atoms with Crippen LogP contribution < -0.4 is 10.7 Å². The fraction of sp³-hybridized carbons (Fsp3) is 0.615. The van der Waals surface area contributed by atoms with Crippen LogP contribution in [0.3, 0.4) is 0 Å². The largest absolute Gasteiger partial charge is 0.381 e. The number of ether oxygens (including phenoxy) is 1. The predicted octanol–water partition coefficient (Wildman–Crippen LogP) is 3.50. The number of hydrogen-bond acceptors (Lipinski definition) is 6. The van der Waals surface area contributed by atoms with Crippen LogP contribution in [0.1, 0.15) is 56.9 Å². The predicted molar refractivity (Wildman–Crippen MR) is 144 cm³/mol. The molecule has 0 aromatic heterocycles. The van der Waals surface area contributed by atoms with Crippen LogP contribution in [0, 0.1) is 11.8 Å². The van der Waals surface area contributed by atoms with Crippen molar-refractivity contribution in [3.05, 3.63) is 35.9 Å². The minimum absolute atomic E-state index is 0. The number of carbonyl (C=O) groups is 3. The maximum Gasteiger partial charge on any atom is 0.309 e. The molecule has 4 rings (SSSR count). The van der Waals surface area contributed by atoms with E-state index in [1.807, 2.05) is 18.2 Å². The molecule has 0 spiro atoms. The van der Waals surface area contributed by atoms with Gasteiger partial charge in [0.05, 0.1) is 0 Å². The van der Waals surface area contributed by atoms with Gasteiger partial charge in [0.2, 0.25) is 11.7 Å². The van der Waals surface area contributed by atoms with E-state index >= 15 is 0 Å². The van der Waals surface area contributed by atoms with Crippen molar-refractivity contribution >= 4 is 46.9 Å². The Labute approximate surface area is 223 Å². The van der Waals surface area contributed by atoms with E-state index in [-0.39, 0.29) is 30.2 Å². The van der Waals surface area contributed by atoms with Gasteiger partial charge in [0, 0.05) is 38.0 Å². The molecule has 3 aliphatic rings. The Balaban J connectivity index is 0.00000361. The molecule has 2 saturated heterocycles. The van der Waals surface area contributed by atoms with E-state index in [0.29, 0.717) is 37.8 Å². The first-order valence-electron chi connectivity index (χ1n) is 12.8. The molecule has 0 radical (unpaired) electrons. The van der Waals surface area contributed by atoms with Crippen molar-refractivity contribution in [2.24, 2.45) is 16.9 Å². The Morgan fingerprint density at radius 3 is 2.42 bits per heavy atom. The highest BCUT2D eigenvalue weighted by atomic mass is 35.5. The first-order chi connectivity index (χ1) is 17.1. The molecule has 10 heteroatoms. The summed E-state index contributed by atoms with van der Waals surface area (Å²) >= 11 is 1.55. The number of halogens is 1. The summed E-state index contributed by atoms with van der Waals surface area (Å²) in [6.45, 7) is 2.58. The molecule has 8 nitrogen and oxygen atoms in total. The molecule has 2 N–H and O–H groups in total. The Bertz CT molecular complexity index is 902. The molecule has 2 amide bonds. The van der Waals surface area contributed by atoms with Gasteiger partial charge in [-0.3, -0.25) is 14.4 Å². The van der Waals surface area contributed by atoms with Crippen LogP contribution in [0.2, 0.25) is 0 Å². The Kier molecular flexibility index (Phi) is 11.5. The van der Waals surface area contributed by atoms with Crippen LogP contribution in [0.5, 0.6) is 0 Å². The zero-order chi connectivity index (χ0) is 24.5. The smallest absolute Gasteiger partial charge is 0.309 e. The van der Waals surface area contributed by atoms with Crippen LogP contribution in [0.15, 0.2) is 35.4 Å². The maximum absolute atomic E-state index is 13.2. The summed E-state index contributed by atoms with van der Waals surface area (Å²) in [6.07, 6.45) is 7.33. The highest BCUT2D eigenvalue weighted by Crippen LogP contribution is 2.25. The second-order valence-electron chi connectivity index (χ2n) is 9.58. The zero-order valence-corrected chi connectivity index (χ0v) is 22.3. The van der Waals surface area contributed by atoms with Gasteiger partial charge >= 0.3 is 5.91 Å². The fourth-order valence-electron chi connectivity index (χ4n) is 5.04. The molecule has 1 aliphatic carbocycles. The third-order valence-electron chi connectivity index (χ3n) is 7.10. The minimum Gasteiger partial charge on any atom is -0.381 e. The fourth-order valence-corrected chi connectivity index (χ4v) is 5.98. The second kappa shape index (κ2) is 14.6. The Hall–Kier alpha value is -2.10. The SMILES string of the molecule is Cl.O=C(N/N=C1\SCCN1Cc1ccccc1)C(=O)C(NC(=O)C1CCCCCC1)C1CCOCC1. The summed E-state index contributed by atoms with van der Waals surface area (Å²) in [5.74, 6) is -0.825. The maximum atomic E-state index is 13.2.